The Kier molecular flexibility index (Phi) is 5.17. The largest absolute Gasteiger partial charge is 0.330 e. The molecule has 0 aliphatic rings. The molecule has 1 heterocycles. The molecule has 0 saturated carbocycles. The van der Waals surface area contributed by atoms with Gasteiger partial charge in [0.2, 0.25) is 0 Å². The summed E-state index contributed by atoms with van der Waals surface area (Å²) in [6.07, 6.45) is 0. The second kappa shape index (κ2) is 7.93. The Balaban J connectivity index is 1.93. The van der Waals surface area contributed by atoms with Gasteiger partial charge in [-0.15, -0.1) is 0 Å². The van der Waals surface area contributed by atoms with E-state index in [0.717, 1.165) is 11.0 Å². The van der Waals surface area contributed by atoms with E-state index in [1.165, 1.54) is 12.1 Å². The first kappa shape index (κ1) is 19.6. The second-order valence-corrected chi connectivity index (χ2v) is 8.31. The van der Waals surface area contributed by atoms with Crippen LogP contribution in [-0.4, -0.2) is 23.7 Å². The van der Waals surface area contributed by atoms with E-state index in [1.54, 1.807) is 47.0 Å². The lowest BCUT2D eigenvalue weighted by molar-refractivity contribution is 0.598. The minimum Gasteiger partial charge on any atom is -0.330 e. The van der Waals surface area contributed by atoms with Crippen molar-refractivity contribution in [2.75, 3.05) is 0 Å². The number of benzene rings is 3. The molecule has 4 rings (SSSR count). The highest BCUT2D eigenvalue weighted by Gasteiger charge is 2.28. The SMILES string of the molecule is Cn1c(C(C#N)/C(=N/S(=O)(=O)c2ccccc2)c2ccccc2)nc2ccccc21. The van der Waals surface area contributed by atoms with Gasteiger partial charge in [0.1, 0.15) is 11.7 Å². The van der Waals surface area contributed by atoms with Gasteiger partial charge in [-0.3, -0.25) is 0 Å². The predicted octanol–water partition coefficient (Wildman–Crippen LogP) is 4.06. The fraction of sp³-hybridized carbons (Fsp3) is 0.0870. The average Bonchev–Trinajstić information content (AvgIpc) is 3.11. The average molecular weight is 414 g/mol. The summed E-state index contributed by atoms with van der Waals surface area (Å²) in [5.74, 6) is -0.534. The van der Waals surface area contributed by atoms with Gasteiger partial charge in [-0.1, -0.05) is 60.7 Å². The molecule has 0 spiro atoms. The van der Waals surface area contributed by atoms with Crippen LogP contribution in [0.3, 0.4) is 0 Å². The minimum absolute atomic E-state index is 0.0696. The van der Waals surface area contributed by atoms with E-state index in [9.17, 15) is 13.7 Å². The topological polar surface area (TPSA) is 88.1 Å². The van der Waals surface area contributed by atoms with E-state index in [-0.39, 0.29) is 10.6 Å². The number of nitrogens with zero attached hydrogens (tertiary/aromatic N) is 4. The molecule has 4 aromatic rings. The van der Waals surface area contributed by atoms with Crippen LogP contribution in [-0.2, 0) is 17.1 Å². The van der Waals surface area contributed by atoms with Crippen LogP contribution in [0, 0.1) is 11.3 Å². The molecular weight excluding hydrogens is 396 g/mol. The first-order valence-corrected chi connectivity index (χ1v) is 10.7. The fourth-order valence-electron chi connectivity index (χ4n) is 3.32. The third-order valence-corrected chi connectivity index (χ3v) is 6.12. The molecule has 148 valence electrons. The summed E-state index contributed by atoms with van der Waals surface area (Å²) >= 11 is 0. The molecule has 0 bridgehead atoms. The minimum atomic E-state index is -4.01. The maximum absolute atomic E-state index is 13.0. The van der Waals surface area contributed by atoms with Crippen LogP contribution in [0.4, 0.5) is 0 Å². The lowest BCUT2D eigenvalue weighted by Crippen LogP contribution is -2.18. The molecule has 7 heteroatoms. The molecular formula is C23H18N4O2S. The van der Waals surface area contributed by atoms with Crippen molar-refractivity contribution in [1.82, 2.24) is 9.55 Å². The third-order valence-electron chi connectivity index (χ3n) is 4.81. The highest BCUT2D eigenvalue weighted by molar-refractivity contribution is 7.90. The van der Waals surface area contributed by atoms with Crippen LogP contribution in [0.2, 0.25) is 0 Å². The van der Waals surface area contributed by atoms with Crippen molar-refractivity contribution in [3.8, 4) is 6.07 Å². The van der Waals surface area contributed by atoms with Crippen molar-refractivity contribution in [2.45, 2.75) is 10.8 Å². The molecule has 30 heavy (non-hydrogen) atoms. The molecule has 0 aliphatic heterocycles. The highest BCUT2D eigenvalue weighted by atomic mass is 32.2. The normalized spacial score (nSPS) is 13.1. The molecule has 0 radical (unpaired) electrons. The predicted molar refractivity (Wildman–Crippen MR) is 116 cm³/mol. The number of fused-ring (bicyclic) bond motifs is 1. The van der Waals surface area contributed by atoms with E-state index >= 15 is 0 Å². The van der Waals surface area contributed by atoms with Crippen LogP contribution in [0.5, 0.6) is 0 Å². The molecule has 0 saturated heterocycles. The summed E-state index contributed by atoms with van der Waals surface area (Å²) in [7, 11) is -2.21. The molecule has 0 N–H and O–H groups in total. The van der Waals surface area contributed by atoms with Crippen LogP contribution in [0.1, 0.15) is 17.3 Å². The second-order valence-electron chi connectivity index (χ2n) is 6.71. The Bertz CT molecular complexity index is 1370. The van der Waals surface area contributed by atoms with Crippen LogP contribution in [0.25, 0.3) is 11.0 Å². The van der Waals surface area contributed by atoms with E-state index in [0.29, 0.717) is 11.4 Å². The summed E-state index contributed by atoms with van der Waals surface area (Å²) in [4.78, 5) is 4.67. The van der Waals surface area contributed by atoms with Gasteiger partial charge in [0.25, 0.3) is 10.0 Å². The Labute approximate surface area is 174 Å². The maximum atomic E-state index is 13.0. The standard InChI is InChI=1S/C23H18N4O2S/c1-27-21-15-9-8-14-20(21)25-23(27)19(16-24)22(17-10-4-2-5-11-17)26-30(28,29)18-12-6-3-7-13-18/h2-15,19H,1H3/b26-22+. The lowest BCUT2D eigenvalue weighted by Gasteiger charge is -2.13. The first-order valence-electron chi connectivity index (χ1n) is 9.27. The summed E-state index contributed by atoms with van der Waals surface area (Å²) < 4.78 is 31.9. The lowest BCUT2D eigenvalue weighted by atomic mass is 9.97. The van der Waals surface area contributed by atoms with E-state index in [1.807, 2.05) is 37.4 Å². The molecule has 0 fully saturated rings. The smallest absolute Gasteiger partial charge is 0.282 e. The number of aryl methyl sites for hydroxylation is 1. The summed E-state index contributed by atoms with van der Waals surface area (Å²) in [6.45, 7) is 0. The van der Waals surface area contributed by atoms with Crippen molar-refractivity contribution in [1.29, 1.82) is 5.26 Å². The molecule has 0 amide bonds. The molecule has 1 aromatic heterocycles. The van der Waals surface area contributed by atoms with Gasteiger partial charge in [0.15, 0.2) is 0 Å². The van der Waals surface area contributed by atoms with E-state index < -0.39 is 15.9 Å². The van der Waals surface area contributed by atoms with Gasteiger partial charge in [-0.05, 0) is 29.8 Å². The fourth-order valence-corrected chi connectivity index (χ4v) is 4.40. The first-order chi connectivity index (χ1) is 14.5. The number of sulfonamides is 1. The number of para-hydroxylation sites is 2. The van der Waals surface area contributed by atoms with Gasteiger partial charge < -0.3 is 4.57 Å². The van der Waals surface area contributed by atoms with Crippen LogP contribution < -0.4 is 0 Å². The molecule has 6 nitrogen and oxygen atoms in total. The molecule has 3 aromatic carbocycles. The summed E-state index contributed by atoms with van der Waals surface area (Å²) in [6, 6.07) is 26.6. The van der Waals surface area contributed by atoms with Crippen LogP contribution >= 0.6 is 0 Å². The van der Waals surface area contributed by atoms with Gasteiger partial charge in [0.05, 0.1) is 27.7 Å². The van der Waals surface area contributed by atoms with Crippen molar-refractivity contribution in [3.05, 3.63) is 96.3 Å². The Hall–Kier alpha value is -3.76. The quantitative estimate of drug-likeness (QED) is 0.461. The number of nitriles is 1. The van der Waals surface area contributed by atoms with Gasteiger partial charge >= 0.3 is 0 Å². The number of hydrogen-bond donors (Lipinski definition) is 0. The van der Waals surface area contributed by atoms with Crippen LogP contribution in [0.15, 0.2) is 94.2 Å². The maximum Gasteiger partial charge on any atom is 0.282 e. The highest BCUT2D eigenvalue weighted by Crippen LogP contribution is 2.26. The molecule has 1 unspecified atom stereocenters. The number of imidazole rings is 1. The third kappa shape index (κ3) is 3.61. The summed E-state index contributed by atoms with van der Waals surface area (Å²) in [5.41, 5.74) is 2.27. The van der Waals surface area contributed by atoms with E-state index in [4.69, 9.17) is 0 Å². The van der Waals surface area contributed by atoms with Crippen molar-refractivity contribution in [2.24, 2.45) is 11.4 Å². The zero-order valence-electron chi connectivity index (χ0n) is 16.2. The zero-order valence-corrected chi connectivity index (χ0v) is 17.0. The van der Waals surface area contributed by atoms with Crippen molar-refractivity contribution < 1.29 is 8.42 Å². The monoisotopic (exact) mass is 414 g/mol. The Morgan fingerprint density at radius 3 is 2.20 bits per heavy atom. The van der Waals surface area contributed by atoms with Crippen molar-refractivity contribution >= 4 is 26.8 Å². The number of aromatic nitrogens is 2. The Morgan fingerprint density at radius 2 is 1.57 bits per heavy atom. The number of rotatable bonds is 5. The van der Waals surface area contributed by atoms with Gasteiger partial charge in [-0.25, -0.2) is 4.98 Å². The Morgan fingerprint density at radius 1 is 0.967 bits per heavy atom. The van der Waals surface area contributed by atoms with Crippen molar-refractivity contribution in [3.63, 3.8) is 0 Å². The zero-order chi connectivity index (χ0) is 21.1. The van der Waals surface area contributed by atoms with E-state index in [2.05, 4.69) is 15.5 Å². The number of hydrogen-bond acceptors (Lipinski definition) is 4. The molecule has 0 aliphatic carbocycles. The van der Waals surface area contributed by atoms with Gasteiger partial charge in [0, 0.05) is 7.05 Å². The van der Waals surface area contributed by atoms with Gasteiger partial charge in [-0.2, -0.15) is 18.1 Å². The molecule has 1 atom stereocenters. The summed E-state index contributed by atoms with van der Waals surface area (Å²) in [5, 5.41) is 10.0.